The number of aryl methyl sites for hydroxylation is 4. The minimum Gasteiger partial charge on any atom is -0.505 e. The molecule has 0 amide bonds. The van der Waals surface area contributed by atoms with E-state index in [0.717, 1.165) is 110 Å². The molecule has 82 heavy (non-hydrogen) atoms. The third-order valence-corrected chi connectivity index (χ3v) is 18.8. The van der Waals surface area contributed by atoms with Crippen LogP contribution in [0.5, 0.6) is 5.75 Å². The van der Waals surface area contributed by atoms with Gasteiger partial charge in [-0.3, -0.25) is 0 Å². The maximum atomic E-state index is 13.1. The topological polar surface area (TPSA) is 39.9 Å². The lowest BCUT2D eigenvalue weighted by Gasteiger charge is -2.33. The zero-order valence-electron chi connectivity index (χ0n) is 47.3. The second-order valence-electron chi connectivity index (χ2n) is 23.6. The minimum absolute atomic E-state index is 0.256. The van der Waals surface area contributed by atoms with E-state index in [9.17, 15) is 5.11 Å². The lowest BCUT2D eigenvalue weighted by atomic mass is 9.82. The van der Waals surface area contributed by atoms with E-state index in [0.29, 0.717) is 11.8 Å². The van der Waals surface area contributed by atoms with Crippen LogP contribution in [0.1, 0.15) is 96.6 Å². The Morgan fingerprint density at radius 1 is 0.329 bits per heavy atom. The van der Waals surface area contributed by atoms with Gasteiger partial charge in [-0.1, -0.05) is 196 Å². The van der Waals surface area contributed by atoms with Crippen molar-refractivity contribution in [3.63, 3.8) is 0 Å². The number of benzene rings is 12. The Morgan fingerprint density at radius 3 is 1.32 bits per heavy atom. The Hall–Kier alpha value is -9.12. The third kappa shape index (κ3) is 8.09. The van der Waals surface area contributed by atoms with Crippen LogP contribution in [0.2, 0.25) is 0 Å². The molecule has 0 radical (unpaired) electrons. The molecule has 2 saturated carbocycles. The maximum absolute atomic E-state index is 13.1. The molecule has 1 aromatic heterocycles. The van der Waals surface area contributed by atoms with Crippen LogP contribution >= 0.6 is 0 Å². The summed E-state index contributed by atoms with van der Waals surface area (Å²) in [5.74, 6) is 1.08. The van der Waals surface area contributed by atoms with Crippen molar-refractivity contribution in [2.45, 2.75) is 90.9 Å². The van der Waals surface area contributed by atoms with Gasteiger partial charge >= 0.3 is 0 Å². The van der Waals surface area contributed by atoms with Crippen molar-refractivity contribution in [2.24, 2.45) is 0 Å². The quantitative estimate of drug-likeness (QED) is 0.131. The molecule has 1 heterocycles. The minimum atomic E-state index is 0.256. The zero-order chi connectivity index (χ0) is 55.2. The number of phenols is 1. The first-order valence-electron chi connectivity index (χ1n) is 29.8. The van der Waals surface area contributed by atoms with Gasteiger partial charge in [-0.05, 0) is 185 Å². The van der Waals surface area contributed by atoms with Gasteiger partial charge in [0.25, 0.3) is 0 Å². The molecule has 0 atom stereocenters. The summed E-state index contributed by atoms with van der Waals surface area (Å²) in [4.78, 5) is 4.92. The lowest BCUT2D eigenvalue weighted by Crippen LogP contribution is -2.14. The molecule has 1 N–H and O–H groups in total. The first kappa shape index (κ1) is 49.9. The molecule has 0 bridgehead atoms. The molecule has 0 aliphatic heterocycles. The molecule has 400 valence electrons. The van der Waals surface area contributed by atoms with Gasteiger partial charge in [0, 0.05) is 44.0 Å². The van der Waals surface area contributed by atoms with Gasteiger partial charge in [0.1, 0.15) is 11.3 Å². The normalized spacial score (nSPS) is 14.1. The Bertz CT molecular complexity index is 4630. The second-order valence-corrected chi connectivity index (χ2v) is 23.6. The van der Waals surface area contributed by atoms with E-state index < -0.39 is 0 Å². The van der Waals surface area contributed by atoms with Gasteiger partial charge in [0.05, 0.1) is 22.7 Å². The van der Waals surface area contributed by atoms with Crippen LogP contribution in [0.25, 0.3) is 87.6 Å². The van der Waals surface area contributed by atoms with E-state index in [1.165, 1.54) is 96.9 Å². The number of rotatable bonds is 11. The number of phenolic OH excluding ortho intramolecular Hbond substituents is 1. The van der Waals surface area contributed by atoms with Gasteiger partial charge in [-0.15, -0.1) is 0 Å². The number of hydrogen-bond acceptors (Lipinski definition) is 4. The molecule has 13 aromatic rings. The molecule has 0 saturated heterocycles. The van der Waals surface area contributed by atoms with E-state index >= 15 is 0 Å². The second kappa shape index (κ2) is 20.1. The number of anilines is 6. The predicted octanol–water partition coefficient (Wildman–Crippen LogP) is 22.7. The number of aromatic hydroxyl groups is 1. The largest absolute Gasteiger partial charge is 0.505 e. The van der Waals surface area contributed by atoms with Crippen molar-refractivity contribution in [3.05, 3.63) is 246 Å². The number of furan rings is 1. The molecular formula is C78H66N2O2. The number of nitrogens with zero attached hydrogens (tertiary/aromatic N) is 2. The highest BCUT2D eigenvalue weighted by Gasteiger charge is 2.32. The van der Waals surface area contributed by atoms with Crippen LogP contribution < -0.4 is 9.80 Å². The first-order chi connectivity index (χ1) is 40.3. The van der Waals surface area contributed by atoms with E-state index in [1.807, 2.05) is 0 Å². The summed E-state index contributed by atoms with van der Waals surface area (Å²) in [5, 5.41) is 23.0. The van der Waals surface area contributed by atoms with E-state index in [4.69, 9.17) is 4.42 Å². The summed E-state index contributed by atoms with van der Waals surface area (Å²) in [6.45, 7) is 8.80. The summed E-state index contributed by atoms with van der Waals surface area (Å²) in [6.07, 6.45) is 9.52. The molecule has 0 spiro atoms. The third-order valence-electron chi connectivity index (χ3n) is 18.8. The van der Waals surface area contributed by atoms with Crippen molar-refractivity contribution in [2.75, 3.05) is 9.80 Å². The van der Waals surface area contributed by atoms with E-state index in [-0.39, 0.29) is 5.75 Å². The smallest absolute Gasteiger partial charge is 0.159 e. The number of para-hydroxylation sites is 5. The monoisotopic (exact) mass is 1060 g/mol. The van der Waals surface area contributed by atoms with E-state index in [2.05, 4.69) is 250 Å². The van der Waals surface area contributed by atoms with Gasteiger partial charge in [-0.25, -0.2) is 0 Å². The van der Waals surface area contributed by atoms with Crippen LogP contribution in [0.4, 0.5) is 34.1 Å². The molecule has 4 heteroatoms. The highest BCUT2D eigenvalue weighted by atomic mass is 16.3. The van der Waals surface area contributed by atoms with Crippen molar-refractivity contribution in [1.82, 2.24) is 0 Å². The Labute approximate surface area is 480 Å². The van der Waals surface area contributed by atoms with Crippen LogP contribution in [-0.2, 0) is 0 Å². The highest BCUT2D eigenvalue weighted by molar-refractivity contribution is 6.30. The Balaban J connectivity index is 1.02. The molecular weight excluding hydrogens is 997 g/mol. The van der Waals surface area contributed by atoms with Gasteiger partial charge in [0.15, 0.2) is 5.58 Å². The molecule has 4 nitrogen and oxygen atoms in total. The van der Waals surface area contributed by atoms with Gasteiger partial charge in [-0.2, -0.15) is 0 Å². The van der Waals surface area contributed by atoms with Gasteiger partial charge in [0.2, 0.25) is 0 Å². The van der Waals surface area contributed by atoms with Crippen molar-refractivity contribution in [3.8, 4) is 39.1 Å². The average Bonchev–Trinajstić information content (AvgIpc) is 2.33. The summed E-state index contributed by atoms with van der Waals surface area (Å²) < 4.78 is 7.36. The van der Waals surface area contributed by atoms with Crippen molar-refractivity contribution < 1.29 is 9.52 Å². The van der Waals surface area contributed by atoms with Crippen molar-refractivity contribution >= 4 is 88.4 Å². The number of hydrogen-bond donors (Lipinski definition) is 1. The van der Waals surface area contributed by atoms with Crippen molar-refractivity contribution in [1.29, 1.82) is 0 Å². The van der Waals surface area contributed by atoms with Crippen LogP contribution in [0.3, 0.4) is 0 Å². The lowest BCUT2D eigenvalue weighted by molar-refractivity contribution is 0.478. The predicted molar refractivity (Wildman–Crippen MR) is 346 cm³/mol. The van der Waals surface area contributed by atoms with Crippen LogP contribution in [0, 0.1) is 27.7 Å². The number of fused-ring (bicyclic) bond motifs is 3. The molecule has 2 aliphatic carbocycles. The summed E-state index contributed by atoms with van der Waals surface area (Å²) in [6, 6.07) is 77.9. The molecule has 0 unspecified atom stereocenters. The Kier molecular flexibility index (Phi) is 12.3. The fourth-order valence-corrected chi connectivity index (χ4v) is 14.7. The summed E-state index contributed by atoms with van der Waals surface area (Å²) in [7, 11) is 0. The molecule has 2 fully saturated rings. The summed E-state index contributed by atoms with van der Waals surface area (Å²) in [5.41, 5.74) is 21.9. The molecule has 2 aliphatic rings. The van der Waals surface area contributed by atoms with E-state index in [1.54, 1.807) is 0 Å². The maximum Gasteiger partial charge on any atom is 0.159 e. The van der Waals surface area contributed by atoms with Crippen LogP contribution in [0.15, 0.2) is 217 Å². The fourth-order valence-electron chi connectivity index (χ4n) is 14.7. The summed E-state index contributed by atoms with van der Waals surface area (Å²) >= 11 is 0. The fraction of sp³-hybridized carbons (Fsp3) is 0.179. The standard InChI is InChI=1S/C78H66N2O2/c1-48-21-5-13-31-56(48)54-29-17-30-55(45-54)58-33-19-39-70(76(58)81)79(68-37-15-7-23-50(68)3)72-46-66(52-25-9-10-26-52)59-42-44-65-73(47-67(53-27-11-12-28-53)60-41-43-64(72)74(59)75(60)65)80(69-38-16-8-24-51(69)4)71-40-20-36-63-62-35-18-34-61(77(62)82-78(63)71)57-32-14-6-22-49(57)2/h5-8,13-24,29-47,52-53,81H,9-12,25-28H2,1-4H3. The highest BCUT2D eigenvalue weighted by Crippen LogP contribution is 2.56. The average molecular weight is 1060 g/mol. The van der Waals surface area contributed by atoms with Crippen LogP contribution in [-0.4, -0.2) is 5.11 Å². The SMILES string of the molecule is Cc1ccccc1-c1cccc(-c2cccc(N(c3ccccc3C)c3cc(C4CCCC4)c4ccc5c(N(c6ccccc6C)c6cccc7c6oc6c(-c8ccccc8C)cccc67)cc(C6CCCC6)c6ccc3c4c65)c2O)c1. The molecule has 12 aromatic carbocycles. The molecule has 15 rings (SSSR count). The first-order valence-corrected chi connectivity index (χ1v) is 29.8. The van der Waals surface area contributed by atoms with Gasteiger partial charge < -0.3 is 19.3 Å². The Morgan fingerprint density at radius 2 is 0.744 bits per heavy atom. The zero-order valence-corrected chi connectivity index (χ0v) is 47.3.